The first kappa shape index (κ1) is 13.8. The highest BCUT2D eigenvalue weighted by atomic mass is 35.5. The minimum Gasteiger partial charge on any atom is -0.393 e. The summed E-state index contributed by atoms with van der Waals surface area (Å²) in [4.78, 5) is 0. The Hall–Kier alpha value is -0.280. The lowest BCUT2D eigenvalue weighted by molar-refractivity contribution is 0.170. The molecule has 1 aromatic rings. The Labute approximate surface area is 107 Å². The van der Waals surface area contributed by atoms with Crippen LogP contribution in [0.15, 0.2) is 18.2 Å². The van der Waals surface area contributed by atoms with Crippen molar-refractivity contribution in [2.75, 3.05) is 0 Å². The monoisotopic (exact) mass is 261 g/mol. The maximum atomic E-state index is 9.23. The molecule has 2 unspecified atom stereocenters. The quantitative estimate of drug-likeness (QED) is 0.853. The smallest absolute Gasteiger partial charge is 0.0526 e. The van der Waals surface area contributed by atoms with Gasteiger partial charge in [-0.15, -0.1) is 0 Å². The molecule has 1 aromatic carbocycles. The Bertz CT molecular complexity index is 342. The summed E-state index contributed by atoms with van der Waals surface area (Å²) in [6.07, 6.45) is 0.439. The van der Waals surface area contributed by atoms with Crippen LogP contribution < -0.4 is 5.32 Å². The average Bonchev–Trinajstić information content (AvgIpc) is 2.15. The minimum absolute atomic E-state index is 0.256. The molecule has 0 bridgehead atoms. The van der Waals surface area contributed by atoms with Gasteiger partial charge in [0.1, 0.15) is 0 Å². The molecule has 0 saturated carbocycles. The summed E-state index contributed by atoms with van der Waals surface area (Å²) in [5.74, 6) is 0. The van der Waals surface area contributed by atoms with Crippen molar-refractivity contribution in [2.24, 2.45) is 0 Å². The van der Waals surface area contributed by atoms with Gasteiger partial charge in [0.05, 0.1) is 6.10 Å². The Balaban J connectivity index is 2.48. The van der Waals surface area contributed by atoms with Crippen LogP contribution >= 0.6 is 23.2 Å². The number of hydrogen-bond donors (Lipinski definition) is 2. The number of hydrogen-bond acceptors (Lipinski definition) is 2. The molecule has 0 aliphatic carbocycles. The largest absolute Gasteiger partial charge is 0.393 e. The van der Waals surface area contributed by atoms with Gasteiger partial charge in [0.15, 0.2) is 0 Å². The second-order valence-electron chi connectivity index (χ2n) is 4.10. The Morgan fingerprint density at radius 2 is 2.00 bits per heavy atom. The van der Waals surface area contributed by atoms with E-state index < -0.39 is 0 Å². The highest BCUT2D eigenvalue weighted by molar-refractivity contribution is 6.35. The molecule has 0 radical (unpaired) electrons. The third-order valence-corrected chi connectivity index (χ3v) is 2.94. The summed E-state index contributed by atoms with van der Waals surface area (Å²) in [5, 5.41) is 13.8. The summed E-state index contributed by atoms with van der Waals surface area (Å²) in [6, 6.07) is 5.72. The predicted molar refractivity (Wildman–Crippen MR) is 69.1 cm³/mol. The summed E-state index contributed by atoms with van der Waals surface area (Å²) in [5.41, 5.74) is 1.02. The van der Waals surface area contributed by atoms with Crippen LogP contribution in [-0.2, 0) is 6.54 Å². The molecule has 0 fully saturated rings. The van der Waals surface area contributed by atoms with Gasteiger partial charge in [0, 0.05) is 22.6 Å². The predicted octanol–water partition coefficient (Wildman–Crippen LogP) is 3.24. The third kappa shape index (κ3) is 4.71. The SMILES string of the molecule is CC(O)CC(C)NCc1ccc(Cl)cc1Cl. The fraction of sp³-hybridized carbons (Fsp3) is 0.500. The lowest BCUT2D eigenvalue weighted by Crippen LogP contribution is -2.28. The molecule has 0 spiro atoms. The average molecular weight is 262 g/mol. The lowest BCUT2D eigenvalue weighted by Gasteiger charge is -2.15. The molecule has 2 nitrogen and oxygen atoms in total. The van der Waals surface area contributed by atoms with E-state index in [2.05, 4.69) is 5.32 Å². The van der Waals surface area contributed by atoms with Gasteiger partial charge >= 0.3 is 0 Å². The highest BCUT2D eigenvalue weighted by Gasteiger charge is 2.07. The van der Waals surface area contributed by atoms with Crippen molar-refractivity contribution in [2.45, 2.75) is 39.0 Å². The first-order valence-corrected chi connectivity index (χ1v) is 6.10. The van der Waals surface area contributed by atoms with Crippen LogP contribution in [0.1, 0.15) is 25.8 Å². The maximum absolute atomic E-state index is 9.23. The van der Waals surface area contributed by atoms with Gasteiger partial charge in [-0.25, -0.2) is 0 Å². The van der Waals surface area contributed by atoms with Gasteiger partial charge in [0.25, 0.3) is 0 Å². The molecule has 4 heteroatoms. The van der Waals surface area contributed by atoms with Crippen LogP contribution in [0.3, 0.4) is 0 Å². The van der Waals surface area contributed by atoms with Crippen molar-refractivity contribution < 1.29 is 5.11 Å². The zero-order valence-corrected chi connectivity index (χ0v) is 11.0. The third-order valence-electron chi connectivity index (χ3n) is 2.35. The van der Waals surface area contributed by atoms with Crippen molar-refractivity contribution >= 4 is 23.2 Å². The molecule has 0 aliphatic rings. The van der Waals surface area contributed by atoms with E-state index in [4.69, 9.17) is 23.2 Å². The molecule has 1 rings (SSSR count). The van der Waals surface area contributed by atoms with Crippen LogP contribution in [0.2, 0.25) is 10.0 Å². The van der Waals surface area contributed by atoms with E-state index in [1.807, 2.05) is 19.1 Å². The van der Waals surface area contributed by atoms with E-state index in [1.165, 1.54) is 0 Å². The van der Waals surface area contributed by atoms with Crippen LogP contribution in [-0.4, -0.2) is 17.3 Å². The molecule has 0 saturated heterocycles. The van der Waals surface area contributed by atoms with E-state index in [1.54, 1.807) is 13.0 Å². The van der Waals surface area contributed by atoms with Gasteiger partial charge in [-0.3, -0.25) is 0 Å². The second kappa shape index (κ2) is 6.45. The van der Waals surface area contributed by atoms with Gasteiger partial charge < -0.3 is 10.4 Å². The van der Waals surface area contributed by atoms with E-state index in [9.17, 15) is 5.11 Å². The first-order chi connectivity index (χ1) is 7.49. The Morgan fingerprint density at radius 1 is 1.31 bits per heavy atom. The number of aliphatic hydroxyl groups is 1. The molecule has 16 heavy (non-hydrogen) atoms. The normalized spacial score (nSPS) is 14.8. The molecule has 0 aromatic heterocycles. The Morgan fingerprint density at radius 3 is 2.56 bits per heavy atom. The van der Waals surface area contributed by atoms with E-state index in [0.29, 0.717) is 16.6 Å². The van der Waals surface area contributed by atoms with Crippen LogP contribution in [0.5, 0.6) is 0 Å². The topological polar surface area (TPSA) is 32.3 Å². The van der Waals surface area contributed by atoms with E-state index in [-0.39, 0.29) is 12.1 Å². The Kier molecular flexibility index (Phi) is 5.56. The molecular formula is C12H17Cl2NO. The number of aliphatic hydroxyl groups excluding tert-OH is 1. The van der Waals surface area contributed by atoms with Crippen molar-refractivity contribution in [3.63, 3.8) is 0 Å². The van der Waals surface area contributed by atoms with E-state index >= 15 is 0 Å². The molecule has 0 aliphatic heterocycles. The summed E-state index contributed by atoms with van der Waals surface area (Å²) in [6.45, 7) is 4.51. The number of benzene rings is 1. The van der Waals surface area contributed by atoms with Gasteiger partial charge in [0.2, 0.25) is 0 Å². The van der Waals surface area contributed by atoms with Crippen molar-refractivity contribution in [1.82, 2.24) is 5.32 Å². The van der Waals surface area contributed by atoms with Gasteiger partial charge in [-0.1, -0.05) is 29.3 Å². The fourth-order valence-electron chi connectivity index (χ4n) is 1.54. The van der Waals surface area contributed by atoms with Crippen molar-refractivity contribution in [3.8, 4) is 0 Å². The first-order valence-electron chi connectivity index (χ1n) is 5.34. The second-order valence-corrected chi connectivity index (χ2v) is 4.95. The zero-order chi connectivity index (χ0) is 12.1. The lowest BCUT2D eigenvalue weighted by atomic mass is 10.1. The number of halogens is 2. The molecule has 0 amide bonds. The molecule has 2 N–H and O–H groups in total. The summed E-state index contributed by atoms with van der Waals surface area (Å²) in [7, 11) is 0. The van der Waals surface area contributed by atoms with Crippen molar-refractivity contribution in [3.05, 3.63) is 33.8 Å². The fourth-order valence-corrected chi connectivity index (χ4v) is 2.02. The van der Waals surface area contributed by atoms with Crippen LogP contribution in [0.4, 0.5) is 0 Å². The molecule has 0 heterocycles. The van der Waals surface area contributed by atoms with Crippen LogP contribution in [0.25, 0.3) is 0 Å². The summed E-state index contributed by atoms with van der Waals surface area (Å²) >= 11 is 11.9. The maximum Gasteiger partial charge on any atom is 0.0526 e. The molecule has 2 atom stereocenters. The molecular weight excluding hydrogens is 245 g/mol. The molecule has 90 valence electrons. The van der Waals surface area contributed by atoms with Crippen molar-refractivity contribution in [1.29, 1.82) is 0 Å². The minimum atomic E-state index is -0.289. The van der Waals surface area contributed by atoms with Gasteiger partial charge in [-0.05, 0) is 38.0 Å². The number of rotatable bonds is 5. The van der Waals surface area contributed by atoms with Crippen LogP contribution in [0, 0.1) is 0 Å². The van der Waals surface area contributed by atoms with E-state index in [0.717, 1.165) is 12.0 Å². The van der Waals surface area contributed by atoms with Gasteiger partial charge in [-0.2, -0.15) is 0 Å². The zero-order valence-electron chi connectivity index (χ0n) is 9.50. The number of nitrogens with one attached hydrogen (secondary N) is 1. The standard InChI is InChI=1S/C12H17Cl2NO/c1-8(5-9(2)16)15-7-10-3-4-11(13)6-12(10)14/h3-4,6,8-9,15-16H,5,7H2,1-2H3. The highest BCUT2D eigenvalue weighted by Crippen LogP contribution is 2.20. The summed E-state index contributed by atoms with van der Waals surface area (Å²) < 4.78 is 0.